The van der Waals surface area contributed by atoms with Gasteiger partial charge in [0.1, 0.15) is 5.82 Å². The molecule has 2 aromatic rings. The molecular weight excluding hydrogens is 294 g/mol. The lowest BCUT2D eigenvalue weighted by Crippen LogP contribution is -2.14. The molecule has 0 bridgehead atoms. The summed E-state index contributed by atoms with van der Waals surface area (Å²) >= 11 is 0. The molecule has 1 heterocycles. The maximum Gasteiger partial charge on any atom is 0.269 e. The van der Waals surface area contributed by atoms with Gasteiger partial charge in [-0.05, 0) is 38.8 Å². The van der Waals surface area contributed by atoms with Crippen molar-refractivity contribution in [3.05, 3.63) is 46.1 Å². The molecule has 0 radical (unpaired) electrons. The molecule has 0 amide bonds. The van der Waals surface area contributed by atoms with Gasteiger partial charge in [0.2, 0.25) is 5.95 Å². The number of nitro benzene ring substituents is 1. The van der Waals surface area contributed by atoms with Gasteiger partial charge in [-0.25, -0.2) is 4.98 Å². The van der Waals surface area contributed by atoms with E-state index in [0.717, 1.165) is 24.2 Å². The standard InChI is InChI=1S/C16H19N5O2/c1-10(2)17-16-19-14(11-3-4-11)9-15(20-16)18-12-5-7-13(8-6-12)21(22)23/h5-11H,3-4H2,1-2H3,(H2,17,18,19,20). The van der Waals surface area contributed by atoms with Crippen molar-refractivity contribution in [2.75, 3.05) is 10.6 Å². The van der Waals surface area contributed by atoms with E-state index in [-0.39, 0.29) is 11.7 Å². The number of hydrogen-bond donors (Lipinski definition) is 2. The van der Waals surface area contributed by atoms with Crippen LogP contribution in [0.1, 0.15) is 38.3 Å². The number of anilines is 3. The molecule has 0 atom stereocenters. The maximum atomic E-state index is 10.7. The lowest BCUT2D eigenvalue weighted by Gasteiger charge is -2.12. The maximum absolute atomic E-state index is 10.7. The molecule has 23 heavy (non-hydrogen) atoms. The highest BCUT2D eigenvalue weighted by molar-refractivity contribution is 5.59. The average molecular weight is 313 g/mol. The third-order valence-electron chi connectivity index (χ3n) is 3.51. The molecule has 3 rings (SSSR count). The first-order valence-corrected chi connectivity index (χ1v) is 7.68. The topological polar surface area (TPSA) is 93.0 Å². The van der Waals surface area contributed by atoms with E-state index >= 15 is 0 Å². The van der Waals surface area contributed by atoms with E-state index in [1.165, 1.54) is 12.1 Å². The summed E-state index contributed by atoms with van der Waals surface area (Å²) < 4.78 is 0. The van der Waals surface area contributed by atoms with Crippen molar-refractivity contribution < 1.29 is 4.92 Å². The van der Waals surface area contributed by atoms with Crippen LogP contribution in [0.25, 0.3) is 0 Å². The SMILES string of the molecule is CC(C)Nc1nc(Nc2ccc([N+](=O)[O-])cc2)cc(C2CC2)n1. The number of nitrogens with zero attached hydrogens (tertiary/aromatic N) is 3. The molecular formula is C16H19N5O2. The Hall–Kier alpha value is -2.70. The van der Waals surface area contributed by atoms with Gasteiger partial charge in [0, 0.05) is 35.8 Å². The minimum absolute atomic E-state index is 0.0686. The second-order valence-corrected chi connectivity index (χ2v) is 6.00. The van der Waals surface area contributed by atoms with Gasteiger partial charge in [0.25, 0.3) is 5.69 Å². The lowest BCUT2D eigenvalue weighted by atomic mass is 10.2. The van der Waals surface area contributed by atoms with Gasteiger partial charge in [-0.15, -0.1) is 0 Å². The van der Waals surface area contributed by atoms with E-state index in [9.17, 15) is 10.1 Å². The van der Waals surface area contributed by atoms with Gasteiger partial charge in [0.05, 0.1) is 10.6 Å². The van der Waals surface area contributed by atoms with Crippen molar-refractivity contribution in [1.29, 1.82) is 0 Å². The van der Waals surface area contributed by atoms with E-state index in [2.05, 4.69) is 20.6 Å². The number of rotatable bonds is 6. The Morgan fingerprint density at radius 2 is 1.91 bits per heavy atom. The Labute approximate surface area is 134 Å². The zero-order chi connectivity index (χ0) is 16.4. The van der Waals surface area contributed by atoms with Crippen LogP contribution in [0.5, 0.6) is 0 Å². The molecule has 0 saturated heterocycles. The number of non-ortho nitro benzene ring substituents is 1. The van der Waals surface area contributed by atoms with Gasteiger partial charge in [-0.3, -0.25) is 10.1 Å². The molecule has 1 aromatic heterocycles. The van der Waals surface area contributed by atoms with Crippen LogP contribution in [0, 0.1) is 10.1 Å². The molecule has 0 spiro atoms. The summed E-state index contributed by atoms with van der Waals surface area (Å²) in [6.45, 7) is 4.08. The number of nitrogens with one attached hydrogen (secondary N) is 2. The van der Waals surface area contributed by atoms with Crippen molar-refractivity contribution in [2.45, 2.75) is 38.6 Å². The molecule has 120 valence electrons. The summed E-state index contributed by atoms with van der Waals surface area (Å²) in [5.74, 6) is 1.82. The predicted octanol–water partition coefficient (Wildman–Crippen LogP) is 3.83. The highest BCUT2D eigenvalue weighted by Crippen LogP contribution is 2.40. The first-order valence-electron chi connectivity index (χ1n) is 7.68. The van der Waals surface area contributed by atoms with E-state index in [1.54, 1.807) is 12.1 Å². The van der Waals surface area contributed by atoms with E-state index in [0.29, 0.717) is 17.7 Å². The fourth-order valence-corrected chi connectivity index (χ4v) is 2.26. The second kappa shape index (κ2) is 6.20. The Morgan fingerprint density at radius 3 is 2.48 bits per heavy atom. The molecule has 0 unspecified atom stereocenters. The Kier molecular flexibility index (Phi) is 4.10. The quantitative estimate of drug-likeness (QED) is 0.622. The molecule has 7 heteroatoms. The highest BCUT2D eigenvalue weighted by atomic mass is 16.6. The number of aromatic nitrogens is 2. The van der Waals surface area contributed by atoms with Crippen molar-refractivity contribution in [2.24, 2.45) is 0 Å². The van der Waals surface area contributed by atoms with Crippen molar-refractivity contribution in [3.8, 4) is 0 Å². The molecule has 2 N–H and O–H groups in total. The summed E-state index contributed by atoms with van der Waals surface area (Å²) in [7, 11) is 0. The largest absolute Gasteiger partial charge is 0.352 e. The van der Waals surface area contributed by atoms with Crippen LogP contribution in [-0.4, -0.2) is 20.9 Å². The van der Waals surface area contributed by atoms with Gasteiger partial charge in [-0.2, -0.15) is 4.98 Å². The van der Waals surface area contributed by atoms with Crippen LogP contribution in [0.4, 0.5) is 23.1 Å². The summed E-state index contributed by atoms with van der Waals surface area (Å²) in [5, 5.41) is 17.1. The fraction of sp³-hybridized carbons (Fsp3) is 0.375. The highest BCUT2D eigenvalue weighted by Gasteiger charge is 2.26. The minimum Gasteiger partial charge on any atom is -0.352 e. The van der Waals surface area contributed by atoms with Gasteiger partial charge >= 0.3 is 0 Å². The van der Waals surface area contributed by atoms with E-state index < -0.39 is 4.92 Å². The van der Waals surface area contributed by atoms with Gasteiger partial charge in [-0.1, -0.05) is 0 Å². The first-order chi connectivity index (χ1) is 11.0. The van der Waals surface area contributed by atoms with Gasteiger partial charge < -0.3 is 10.6 Å². The van der Waals surface area contributed by atoms with Crippen LogP contribution < -0.4 is 10.6 Å². The van der Waals surface area contributed by atoms with E-state index in [4.69, 9.17) is 0 Å². The third kappa shape index (κ3) is 3.94. The number of benzene rings is 1. The number of hydrogen-bond acceptors (Lipinski definition) is 6. The molecule has 1 aromatic carbocycles. The average Bonchev–Trinajstić information content (AvgIpc) is 3.31. The molecule has 7 nitrogen and oxygen atoms in total. The van der Waals surface area contributed by atoms with Crippen LogP contribution in [-0.2, 0) is 0 Å². The lowest BCUT2D eigenvalue weighted by molar-refractivity contribution is -0.384. The fourth-order valence-electron chi connectivity index (χ4n) is 2.26. The summed E-state index contributed by atoms with van der Waals surface area (Å²) in [6.07, 6.45) is 2.32. The van der Waals surface area contributed by atoms with Crippen molar-refractivity contribution in [1.82, 2.24) is 9.97 Å². The summed E-state index contributed by atoms with van der Waals surface area (Å²) in [4.78, 5) is 19.3. The summed E-state index contributed by atoms with van der Waals surface area (Å²) in [6, 6.07) is 8.48. The monoisotopic (exact) mass is 313 g/mol. The van der Waals surface area contributed by atoms with Crippen LogP contribution in [0.3, 0.4) is 0 Å². The molecule has 1 saturated carbocycles. The smallest absolute Gasteiger partial charge is 0.269 e. The number of nitro groups is 1. The minimum atomic E-state index is -0.412. The Bertz CT molecular complexity index is 711. The summed E-state index contributed by atoms with van der Waals surface area (Å²) in [5.41, 5.74) is 1.86. The normalized spacial score (nSPS) is 13.9. The van der Waals surface area contributed by atoms with Crippen LogP contribution in [0.2, 0.25) is 0 Å². The molecule has 1 aliphatic carbocycles. The Morgan fingerprint density at radius 1 is 1.22 bits per heavy atom. The Balaban J connectivity index is 1.83. The van der Waals surface area contributed by atoms with Crippen molar-refractivity contribution in [3.63, 3.8) is 0 Å². The second-order valence-electron chi connectivity index (χ2n) is 6.00. The van der Waals surface area contributed by atoms with Crippen LogP contribution >= 0.6 is 0 Å². The molecule has 1 fully saturated rings. The molecule has 1 aliphatic rings. The van der Waals surface area contributed by atoms with Gasteiger partial charge in [0.15, 0.2) is 0 Å². The van der Waals surface area contributed by atoms with Crippen molar-refractivity contribution >= 4 is 23.1 Å². The molecule has 0 aliphatic heterocycles. The zero-order valence-electron chi connectivity index (χ0n) is 13.1. The third-order valence-corrected chi connectivity index (χ3v) is 3.51. The van der Waals surface area contributed by atoms with E-state index in [1.807, 2.05) is 19.9 Å². The zero-order valence-corrected chi connectivity index (χ0v) is 13.1. The van der Waals surface area contributed by atoms with Crippen LogP contribution in [0.15, 0.2) is 30.3 Å². The first kappa shape index (κ1) is 15.2. The predicted molar refractivity (Wildman–Crippen MR) is 89.1 cm³/mol.